The molecule has 10 heteroatoms. The number of carboxylic acids is 1. The van der Waals surface area contributed by atoms with E-state index in [1.165, 1.54) is 23.8 Å². The summed E-state index contributed by atoms with van der Waals surface area (Å²) < 4.78 is 11.4. The Morgan fingerprint density at radius 2 is 1.21 bits per heavy atom. The summed E-state index contributed by atoms with van der Waals surface area (Å²) in [4.78, 5) is 38.5. The fourth-order valence-corrected chi connectivity index (χ4v) is 6.67. The predicted octanol–water partition coefficient (Wildman–Crippen LogP) is 11.0. The zero-order chi connectivity index (χ0) is 40.7. The van der Waals surface area contributed by atoms with E-state index in [1.54, 1.807) is 0 Å². The summed E-state index contributed by atoms with van der Waals surface area (Å²) in [6, 6.07) is 29.4. The molecule has 10 nitrogen and oxygen atoms in total. The van der Waals surface area contributed by atoms with Gasteiger partial charge in [0.1, 0.15) is 11.5 Å². The number of aromatic carboxylic acids is 1. The van der Waals surface area contributed by atoms with Gasteiger partial charge in [0.2, 0.25) is 0 Å². The summed E-state index contributed by atoms with van der Waals surface area (Å²) in [5.74, 6) is -1.52. The number of carbonyl (C=O) groups is 3. The monoisotopic (exact) mass is 768 g/mol. The van der Waals surface area contributed by atoms with Crippen LogP contribution in [0.1, 0.15) is 107 Å². The van der Waals surface area contributed by atoms with Crippen LogP contribution < -0.4 is 20.5 Å². The number of amides is 1. The third-order valence-corrected chi connectivity index (χ3v) is 9.76. The lowest BCUT2D eigenvalue weighted by Crippen LogP contribution is -2.17. The van der Waals surface area contributed by atoms with E-state index in [-0.39, 0.29) is 23.3 Å². The maximum atomic E-state index is 13.7. The number of benzene rings is 5. The van der Waals surface area contributed by atoms with Gasteiger partial charge in [-0.25, -0.2) is 4.79 Å². The number of ether oxygens (including phenoxy) is 2. The van der Waals surface area contributed by atoms with Crippen molar-refractivity contribution in [2.75, 3.05) is 17.7 Å². The first-order chi connectivity index (χ1) is 27.6. The molecule has 0 radical (unpaired) electrons. The van der Waals surface area contributed by atoms with Crippen molar-refractivity contribution in [1.82, 2.24) is 0 Å². The summed E-state index contributed by atoms with van der Waals surface area (Å²) in [5.41, 5.74) is 16.0. The summed E-state index contributed by atoms with van der Waals surface area (Å²) in [7, 11) is 0. The van der Waals surface area contributed by atoms with Crippen LogP contribution in [0.3, 0.4) is 0 Å². The third-order valence-electron chi connectivity index (χ3n) is 9.76. The Morgan fingerprint density at radius 1 is 0.649 bits per heavy atom. The van der Waals surface area contributed by atoms with Crippen LogP contribution in [0.5, 0.6) is 11.5 Å². The van der Waals surface area contributed by atoms with Crippen LogP contribution in [-0.4, -0.2) is 29.6 Å². The van der Waals surface area contributed by atoms with Gasteiger partial charge in [-0.05, 0) is 139 Å². The zero-order valence-corrected chi connectivity index (χ0v) is 33.3. The highest BCUT2D eigenvalue weighted by molar-refractivity contribution is 6.06. The molecule has 5 aromatic rings. The van der Waals surface area contributed by atoms with E-state index < -0.39 is 17.8 Å². The lowest BCUT2D eigenvalue weighted by Gasteiger charge is -2.18. The first-order valence-corrected chi connectivity index (χ1v) is 19.7. The largest absolute Gasteiger partial charge is 0.494 e. The molecule has 0 heterocycles. The van der Waals surface area contributed by atoms with Gasteiger partial charge in [0.15, 0.2) is 0 Å². The van der Waals surface area contributed by atoms with Gasteiger partial charge in [-0.3, -0.25) is 9.59 Å². The molecule has 296 valence electrons. The van der Waals surface area contributed by atoms with Crippen molar-refractivity contribution in [2.24, 2.45) is 10.2 Å². The first kappa shape index (κ1) is 41.9. The quantitative estimate of drug-likeness (QED) is 0.0248. The number of hydrogen-bond donors (Lipinski definition) is 3. The van der Waals surface area contributed by atoms with E-state index in [0.717, 1.165) is 77.0 Å². The van der Waals surface area contributed by atoms with E-state index >= 15 is 0 Å². The van der Waals surface area contributed by atoms with Gasteiger partial charge in [0, 0.05) is 23.4 Å². The maximum absolute atomic E-state index is 13.7. The number of nitrogens with one attached hydrogen (secondary N) is 1. The fraction of sp³-hybridized carbons (Fsp3) is 0.298. The number of carboxylic acid groups (broad SMARTS) is 1. The number of aryl methyl sites for hydroxylation is 4. The average Bonchev–Trinajstić information content (AvgIpc) is 3.22. The molecule has 0 aliphatic heterocycles. The summed E-state index contributed by atoms with van der Waals surface area (Å²) in [5, 5.41) is 21.3. The number of azo groups is 1. The number of hydrogen-bond acceptors (Lipinski definition) is 8. The van der Waals surface area contributed by atoms with Gasteiger partial charge in [-0.1, -0.05) is 70.2 Å². The molecule has 0 saturated heterocycles. The van der Waals surface area contributed by atoms with Crippen LogP contribution in [0.15, 0.2) is 107 Å². The van der Waals surface area contributed by atoms with Gasteiger partial charge < -0.3 is 25.6 Å². The Bertz CT molecular complexity index is 2150. The molecule has 0 aliphatic carbocycles. The van der Waals surface area contributed by atoms with E-state index in [0.29, 0.717) is 37.3 Å². The van der Waals surface area contributed by atoms with Gasteiger partial charge >= 0.3 is 11.9 Å². The number of unbranched alkanes of at least 4 members (excludes halogenated alkanes) is 2. The van der Waals surface area contributed by atoms with Crippen molar-refractivity contribution >= 4 is 40.6 Å². The molecule has 4 N–H and O–H groups in total. The van der Waals surface area contributed by atoms with Crippen LogP contribution >= 0.6 is 0 Å². The number of nitrogen functional groups attached to an aromatic ring is 1. The lowest BCUT2D eigenvalue weighted by molar-refractivity contribution is -0.134. The van der Waals surface area contributed by atoms with Crippen molar-refractivity contribution in [3.63, 3.8) is 0 Å². The number of rotatable bonds is 19. The van der Waals surface area contributed by atoms with E-state index in [2.05, 4.69) is 53.7 Å². The highest BCUT2D eigenvalue weighted by atomic mass is 16.5. The number of nitrogens with two attached hydrogens (primary N) is 1. The van der Waals surface area contributed by atoms with Crippen molar-refractivity contribution in [2.45, 2.75) is 85.5 Å². The number of nitrogens with zero attached hydrogens (tertiary/aromatic N) is 2. The molecule has 1 amide bonds. The lowest BCUT2D eigenvalue weighted by atomic mass is 9.92. The minimum absolute atomic E-state index is 0.00306. The number of carbonyl (C=O) groups excluding carboxylic acids is 2. The molecule has 0 bridgehead atoms. The Balaban J connectivity index is 1.16. The second-order valence-corrected chi connectivity index (χ2v) is 13.9. The topological polar surface area (TPSA) is 153 Å². The minimum atomic E-state index is -1.24. The van der Waals surface area contributed by atoms with Gasteiger partial charge in [0.05, 0.1) is 23.5 Å². The van der Waals surface area contributed by atoms with Gasteiger partial charge in [0.25, 0.3) is 5.91 Å². The molecule has 0 unspecified atom stereocenters. The van der Waals surface area contributed by atoms with Crippen LogP contribution in [-0.2, 0) is 36.9 Å². The summed E-state index contributed by atoms with van der Waals surface area (Å²) in [6.45, 7) is 8.78. The zero-order valence-electron chi connectivity index (χ0n) is 33.3. The Kier molecular flexibility index (Phi) is 15.1. The smallest absolute Gasteiger partial charge is 0.335 e. The molecule has 5 rings (SSSR count). The molecule has 0 atom stereocenters. The van der Waals surface area contributed by atoms with Gasteiger partial charge in [-0.2, -0.15) is 10.2 Å². The molecule has 0 aliphatic rings. The predicted molar refractivity (Wildman–Crippen MR) is 226 cm³/mol. The molecule has 0 saturated carbocycles. The van der Waals surface area contributed by atoms with E-state index in [9.17, 15) is 19.5 Å². The second-order valence-electron chi connectivity index (χ2n) is 13.9. The molecule has 0 spiro atoms. The first-order valence-electron chi connectivity index (χ1n) is 19.7. The molecular weight excluding hydrogens is 717 g/mol. The molecule has 0 aromatic heterocycles. The molecule has 57 heavy (non-hydrogen) atoms. The Labute approximate surface area is 335 Å². The summed E-state index contributed by atoms with van der Waals surface area (Å²) in [6.07, 6.45) is 5.95. The fourth-order valence-electron chi connectivity index (χ4n) is 6.67. The van der Waals surface area contributed by atoms with Crippen LogP contribution in [0.25, 0.3) is 0 Å². The van der Waals surface area contributed by atoms with Gasteiger partial charge in [-0.15, -0.1) is 0 Å². The highest BCUT2D eigenvalue weighted by Gasteiger charge is 2.19. The second kappa shape index (κ2) is 20.6. The molecule has 0 fully saturated rings. The SMILES string of the molecule is CCc1cc(Cc2cc(CC)c(NC(=O)c3cc(OC(=O)CCCCCOc4ccc(N=Nc5ccccc5)cc4)cc(C(=O)O)c3)c(CC)c2)cc(CC)c1N. The maximum Gasteiger partial charge on any atom is 0.335 e. The number of esters is 1. The van der Waals surface area contributed by atoms with Crippen LogP contribution in [0, 0.1) is 0 Å². The van der Waals surface area contributed by atoms with Crippen molar-refractivity contribution < 1.29 is 29.0 Å². The van der Waals surface area contributed by atoms with Crippen molar-refractivity contribution in [3.05, 3.63) is 142 Å². The molecular formula is C47H52N4O6. The molecule has 5 aromatic carbocycles. The van der Waals surface area contributed by atoms with E-state index in [4.69, 9.17) is 15.2 Å². The van der Waals surface area contributed by atoms with Crippen LogP contribution in [0.2, 0.25) is 0 Å². The minimum Gasteiger partial charge on any atom is -0.494 e. The van der Waals surface area contributed by atoms with Crippen molar-refractivity contribution in [3.8, 4) is 11.5 Å². The Hall–Kier alpha value is -6.29. The van der Waals surface area contributed by atoms with Crippen LogP contribution in [0.4, 0.5) is 22.7 Å². The number of anilines is 2. The van der Waals surface area contributed by atoms with Crippen molar-refractivity contribution in [1.29, 1.82) is 0 Å². The summed E-state index contributed by atoms with van der Waals surface area (Å²) >= 11 is 0. The standard InChI is InChI=1S/C47H52N4O6/c1-5-33-24-31(25-34(6-2)44(33)48)23-32-26-35(7-3)45(36(8-4)27-32)49-46(53)37-28-38(47(54)55)30-42(29-37)57-43(52)17-13-10-14-22-56-41-20-18-40(19-21-41)51-50-39-15-11-9-12-16-39/h9,11-12,15-16,18-21,24-30H,5-8,10,13-14,17,22-23,48H2,1-4H3,(H,49,53)(H,54,55). The average molecular weight is 769 g/mol. The normalized spacial score (nSPS) is 11.1. The van der Waals surface area contributed by atoms with E-state index in [1.807, 2.05) is 68.4 Å². The highest BCUT2D eigenvalue weighted by Crippen LogP contribution is 2.30. The Morgan fingerprint density at radius 3 is 1.79 bits per heavy atom. The third kappa shape index (κ3) is 11.9.